The zero-order valence-electron chi connectivity index (χ0n) is 13.2. The third kappa shape index (κ3) is 2.82. The van der Waals surface area contributed by atoms with E-state index in [0.29, 0.717) is 6.04 Å². The molecule has 4 rings (SSSR count). The third-order valence-corrected chi connectivity index (χ3v) is 5.25. The summed E-state index contributed by atoms with van der Waals surface area (Å²) in [4.78, 5) is 0. The quantitative estimate of drug-likeness (QED) is 0.921. The topological polar surface area (TPSA) is 29.9 Å². The Labute approximate surface area is 132 Å². The first-order chi connectivity index (χ1) is 10.9. The van der Waals surface area contributed by atoms with E-state index in [4.69, 9.17) is 5.10 Å². The van der Waals surface area contributed by atoms with Gasteiger partial charge in [-0.2, -0.15) is 5.10 Å². The van der Waals surface area contributed by atoms with E-state index in [9.17, 15) is 0 Å². The molecule has 3 nitrogen and oxygen atoms in total. The van der Waals surface area contributed by atoms with Gasteiger partial charge in [0, 0.05) is 18.2 Å². The Balaban J connectivity index is 1.56. The number of hydrogen-bond acceptors (Lipinski definition) is 2. The second kappa shape index (κ2) is 6.25. The van der Waals surface area contributed by atoms with Crippen molar-refractivity contribution in [2.45, 2.75) is 51.1 Å². The van der Waals surface area contributed by atoms with Crippen molar-refractivity contribution in [2.75, 3.05) is 6.54 Å². The van der Waals surface area contributed by atoms with Gasteiger partial charge < -0.3 is 5.32 Å². The van der Waals surface area contributed by atoms with Gasteiger partial charge in [0.05, 0.1) is 17.9 Å². The molecule has 2 aromatic rings. The fourth-order valence-electron chi connectivity index (χ4n) is 4.05. The summed E-state index contributed by atoms with van der Waals surface area (Å²) in [5, 5.41) is 8.57. The highest BCUT2D eigenvalue weighted by Crippen LogP contribution is 2.34. The van der Waals surface area contributed by atoms with Crippen LogP contribution in [0.4, 0.5) is 0 Å². The molecular weight excluding hydrogens is 270 g/mol. The van der Waals surface area contributed by atoms with Crippen molar-refractivity contribution in [2.24, 2.45) is 5.92 Å². The molecular formula is C19H25N3. The lowest BCUT2D eigenvalue weighted by molar-refractivity contribution is 0.277. The average molecular weight is 295 g/mol. The van der Waals surface area contributed by atoms with E-state index in [0.717, 1.165) is 24.7 Å². The average Bonchev–Trinajstić information content (AvgIpc) is 3.02. The van der Waals surface area contributed by atoms with Crippen molar-refractivity contribution in [3.8, 4) is 11.3 Å². The molecule has 1 aromatic carbocycles. The lowest BCUT2D eigenvalue weighted by atomic mass is 9.84. The van der Waals surface area contributed by atoms with Gasteiger partial charge >= 0.3 is 0 Å². The van der Waals surface area contributed by atoms with Gasteiger partial charge in [-0.05, 0) is 18.4 Å². The number of nitrogens with zero attached hydrogens (tertiary/aromatic N) is 2. The van der Waals surface area contributed by atoms with E-state index in [-0.39, 0.29) is 0 Å². The van der Waals surface area contributed by atoms with E-state index >= 15 is 0 Å². The maximum atomic E-state index is 4.84. The Morgan fingerprint density at radius 2 is 1.91 bits per heavy atom. The second-order valence-corrected chi connectivity index (χ2v) is 6.79. The van der Waals surface area contributed by atoms with Crippen LogP contribution in [0.3, 0.4) is 0 Å². The number of benzene rings is 1. The lowest BCUT2D eigenvalue weighted by Gasteiger charge is -2.30. The molecule has 0 unspecified atom stereocenters. The molecule has 1 atom stereocenters. The molecule has 1 fully saturated rings. The predicted octanol–water partition coefficient (Wildman–Crippen LogP) is 4.16. The molecule has 3 heteroatoms. The molecule has 2 aliphatic rings. The van der Waals surface area contributed by atoms with Gasteiger partial charge in [0.1, 0.15) is 0 Å². The number of hydrogen-bond donors (Lipinski definition) is 1. The van der Waals surface area contributed by atoms with Gasteiger partial charge in [-0.25, -0.2) is 0 Å². The summed E-state index contributed by atoms with van der Waals surface area (Å²) in [5.74, 6) is 0.896. The van der Waals surface area contributed by atoms with Crippen LogP contribution in [0, 0.1) is 5.92 Å². The van der Waals surface area contributed by atoms with Gasteiger partial charge in [-0.1, -0.05) is 62.4 Å². The molecule has 0 bridgehead atoms. The molecule has 1 aliphatic heterocycles. The van der Waals surface area contributed by atoms with Crippen LogP contribution in [0.15, 0.2) is 36.4 Å². The molecule has 1 aromatic heterocycles. The summed E-state index contributed by atoms with van der Waals surface area (Å²) >= 11 is 0. The van der Waals surface area contributed by atoms with Gasteiger partial charge in [0.2, 0.25) is 0 Å². The summed E-state index contributed by atoms with van der Waals surface area (Å²) in [7, 11) is 0. The Kier molecular flexibility index (Phi) is 3.98. The number of fused-ring (bicyclic) bond motifs is 1. The van der Waals surface area contributed by atoms with Crippen molar-refractivity contribution < 1.29 is 0 Å². The molecule has 1 saturated carbocycles. The van der Waals surface area contributed by atoms with Crippen LogP contribution in [-0.4, -0.2) is 16.3 Å². The van der Waals surface area contributed by atoms with Crippen molar-refractivity contribution in [3.63, 3.8) is 0 Å². The summed E-state index contributed by atoms with van der Waals surface area (Å²) in [6, 6.07) is 13.3. The molecule has 2 heterocycles. The largest absolute Gasteiger partial charge is 0.307 e. The minimum atomic E-state index is 0.488. The lowest BCUT2D eigenvalue weighted by Crippen LogP contribution is -2.35. The van der Waals surface area contributed by atoms with E-state index in [1.807, 2.05) is 0 Å². The number of nitrogens with one attached hydrogen (secondary N) is 1. The van der Waals surface area contributed by atoms with Crippen molar-refractivity contribution in [3.05, 3.63) is 42.1 Å². The first-order valence-electron chi connectivity index (χ1n) is 8.77. The van der Waals surface area contributed by atoms with Gasteiger partial charge in [-0.3, -0.25) is 4.68 Å². The third-order valence-electron chi connectivity index (χ3n) is 5.25. The molecule has 0 radical (unpaired) electrons. The molecule has 22 heavy (non-hydrogen) atoms. The highest BCUT2D eigenvalue weighted by Gasteiger charge is 2.26. The SMILES string of the molecule is c1ccc(-c2cc3n(n2)CCN[C@H]3CC2CCCCC2)cc1. The first kappa shape index (κ1) is 14.0. The van der Waals surface area contributed by atoms with Crippen LogP contribution in [0.2, 0.25) is 0 Å². The van der Waals surface area contributed by atoms with Crippen LogP contribution in [0.1, 0.15) is 50.3 Å². The highest BCUT2D eigenvalue weighted by atomic mass is 15.3. The Morgan fingerprint density at radius 3 is 2.73 bits per heavy atom. The van der Waals surface area contributed by atoms with E-state index in [2.05, 4.69) is 46.4 Å². The van der Waals surface area contributed by atoms with E-state index < -0.39 is 0 Å². The van der Waals surface area contributed by atoms with Crippen molar-refractivity contribution in [1.82, 2.24) is 15.1 Å². The first-order valence-corrected chi connectivity index (χ1v) is 8.77. The Hall–Kier alpha value is -1.61. The smallest absolute Gasteiger partial charge is 0.0926 e. The van der Waals surface area contributed by atoms with Crippen LogP contribution >= 0.6 is 0 Å². The number of aromatic nitrogens is 2. The zero-order valence-corrected chi connectivity index (χ0v) is 13.2. The Morgan fingerprint density at radius 1 is 1.09 bits per heavy atom. The standard InChI is InChI=1S/C19H25N3/c1-3-7-15(8-4-1)13-18-19-14-17(16-9-5-2-6-10-16)21-22(19)12-11-20-18/h2,5-6,9-10,14-15,18,20H,1,3-4,7-8,11-13H2/t18-/m0/s1. The van der Waals surface area contributed by atoms with Gasteiger partial charge in [0.15, 0.2) is 0 Å². The highest BCUT2D eigenvalue weighted by molar-refractivity contribution is 5.59. The maximum Gasteiger partial charge on any atom is 0.0926 e. The van der Waals surface area contributed by atoms with Crippen molar-refractivity contribution >= 4 is 0 Å². The second-order valence-electron chi connectivity index (χ2n) is 6.79. The predicted molar refractivity (Wildman–Crippen MR) is 89.6 cm³/mol. The molecule has 1 N–H and O–H groups in total. The summed E-state index contributed by atoms with van der Waals surface area (Å²) < 4.78 is 2.23. The molecule has 0 saturated heterocycles. The maximum absolute atomic E-state index is 4.84. The summed E-state index contributed by atoms with van der Waals surface area (Å²) in [5.41, 5.74) is 3.73. The Bertz CT molecular complexity index is 611. The monoisotopic (exact) mass is 295 g/mol. The summed E-state index contributed by atoms with van der Waals surface area (Å²) in [6.07, 6.45) is 8.39. The molecule has 0 amide bonds. The van der Waals surface area contributed by atoms with Gasteiger partial charge in [-0.15, -0.1) is 0 Å². The fourth-order valence-corrected chi connectivity index (χ4v) is 4.05. The zero-order chi connectivity index (χ0) is 14.8. The van der Waals surface area contributed by atoms with Crippen molar-refractivity contribution in [1.29, 1.82) is 0 Å². The van der Waals surface area contributed by atoms with Crippen LogP contribution in [-0.2, 0) is 6.54 Å². The molecule has 0 spiro atoms. The van der Waals surface area contributed by atoms with Crippen LogP contribution in [0.25, 0.3) is 11.3 Å². The number of rotatable bonds is 3. The van der Waals surface area contributed by atoms with Crippen LogP contribution in [0.5, 0.6) is 0 Å². The van der Waals surface area contributed by atoms with Gasteiger partial charge in [0.25, 0.3) is 0 Å². The molecule has 116 valence electrons. The fraction of sp³-hybridized carbons (Fsp3) is 0.526. The van der Waals surface area contributed by atoms with E-state index in [1.54, 1.807) is 0 Å². The minimum Gasteiger partial charge on any atom is -0.307 e. The van der Waals surface area contributed by atoms with Crippen LogP contribution < -0.4 is 5.32 Å². The molecule has 1 aliphatic carbocycles. The normalized spacial score (nSPS) is 22.5. The summed E-state index contributed by atoms with van der Waals surface area (Å²) in [6.45, 7) is 2.03. The van der Waals surface area contributed by atoms with E-state index in [1.165, 1.54) is 49.8 Å². The minimum absolute atomic E-state index is 0.488.